The monoisotopic (exact) mass is 380 g/mol. The number of benzene rings is 2. The van der Waals surface area contributed by atoms with E-state index in [9.17, 15) is 0 Å². The minimum atomic E-state index is 0.702. The predicted molar refractivity (Wildman–Crippen MR) is 120 cm³/mol. The number of fused-ring (bicyclic) bond motifs is 8. The highest BCUT2D eigenvalue weighted by atomic mass is 15.1. The van der Waals surface area contributed by atoms with E-state index in [1.165, 1.54) is 69.8 Å². The molecule has 0 amide bonds. The predicted octanol–water partition coefficient (Wildman–Crippen LogP) is 5.89. The maximum atomic E-state index is 5.03. The summed E-state index contributed by atoms with van der Waals surface area (Å²) in [7, 11) is 2.18. The van der Waals surface area contributed by atoms with E-state index < -0.39 is 0 Å². The van der Waals surface area contributed by atoms with Crippen molar-refractivity contribution in [1.29, 1.82) is 0 Å². The van der Waals surface area contributed by atoms with Gasteiger partial charge in [-0.25, -0.2) is 4.57 Å². The summed E-state index contributed by atoms with van der Waals surface area (Å²) in [6, 6.07) is 18.1. The molecule has 0 radical (unpaired) electrons. The van der Waals surface area contributed by atoms with Gasteiger partial charge >= 0.3 is 0 Å². The van der Waals surface area contributed by atoms with Gasteiger partial charge in [0.2, 0.25) is 0 Å². The van der Waals surface area contributed by atoms with Crippen LogP contribution in [-0.4, -0.2) is 9.38 Å². The number of rotatable bonds is 1. The maximum absolute atomic E-state index is 5.03. The number of pyridine rings is 2. The molecule has 3 nitrogen and oxygen atoms in total. The molecule has 0 aliphatic heterocycles. The van der Waals surface area contributed by atoms with Gasteiger partial charge in [-0.3, -0.25) is 4.98 Å². The number of nitrogens with zero attached hydrogens (tertiary/aromatic N) is 3. The molecule has 0 unspecified atom stereocenters. The van der Waals surface area contributed by atoms with Crippen molar-refractivity contribution in [3.05, 3.63) is 65.4 Å². The topological polar surface area (TPSA) is 21.2 Å². The molecule has 1 aliphatic carbocycles. The van der Waals surface area contributed by atoms with Gasteiger partial charge in [0.1, 0.15) is 5.52 Å². The van der Waals surface area contributed by atoms with Crippen LogP contribution < -0.4 is 4.57 Å². The SMILES string of the molecule is Cc1cc(C)c2c(n1)c1ccc(C3CCCC3)cc1n1c3ccccc3[n+](C)c21. The Bertz CT molecular complexity index is 1440. The van der Waals surface area contributed by atoms with Crippen LogP contribution in [0.3, 0.4) is 0 Å². The Hall–Kier alpha value is -2.94. The van der Waals surface area contributed by atoms with Gasteiger partial charge in [0.25, 0.3) is 5.65 Å². The van der Waals surface area contributed by atoms with Gasteiger partial charge in [-0.2, -0.15) is 4.40 Å². The molecule has 3 heterocycles. The first kappa shape index (κ1) is 17.0. The highest BCUT2D eigenvalue weighted by Gasteiger charge is 2.26. The summed E-state index contributed by atoms with van der Waals surface area (Å²) in [5.41, 5.74) is 10.0. The molecule has 5 aromatic rings. The van der Waals surface area contributed by atoms with Crippen molar-refractivity contribution in [1.82, 2.24) is 9.38 Å². The Morgan fingerprint density at radius 1 is 0.966 bits per heavy atom. The summed E-state index contributed by atoms with van der Waals surface area (Å²) in [5.74, 6) is 0.702. The minimum absolute atomic E-state index is 0.702. The van der Waals surface area contributed by atoms with E-state index in [0.29, 0.717) is 5.92 Å². The average Bonchev–Trinajstić information content (AvgIpc) is 3.35. The van der Waals surface area contributed by atoms with Crippen molar-refractivity contribution in [3.8, 4) is 0 Å². The first-order valence-electron chi connectivity index (χ1n) is 10.8. The second-order valence-electron chi connectivity index (χ2n) is 8.77. The molecule has 29 heavy (non-hydrogen) atoms. The van der Waals surface area contributed by atoms with Gasteiger partial charge < -0.3 is 0 Å². The van der Waals surface area contributed by atoms with Crippen LogP contribution in [0.25, 0.3) is 38.5 Å². The largest absolute Gasteiger partial charge is 0.297 e. The van der Waals surface area contributed by atoms with Gasteiger partial charge in [0, 0.05) is 11.1 Å². The maximum Gasteiger partial charge on any atom is 0.297 e. The zero-order valence-electron chi connectivity index (χ0n) is 17.4. The standard InChI is InChI=1S/C26H26N3/c1-16-14-17(2)27-25-20-13-12-19(18-8-4-5-9-18)15-23(20)29-22-11-7-6-10-21(22)28(3)26(29)24(16)25/h6-7,10-15,18H,4-5,8-9H2,1-3H3/q+1. The van der Waals surface area contributed by atoms with E-state index in [2.05, 4.69) is 78.4 Å². The second-order valence-corrected chi connectivity index (χ2v) is 8.77. The summed E-state index contributed by atoms with van der Waals surface area (Å²) >= 11 is 0. The lowest BCUT2D eigenvalue weighted by molar-refractivity contribution is -0.617. The fourth-order valence-corrected chi connectivity index (χ4v) is 5.60. The van der Waals surface area contributed by atoms with Crippen molar-refractivity contribution in [2.24, 2.45) is 7.05 Å². The van der Waals surface area contributed by atoms with E-state index in [0.717, 1.165) is 11.2 Å². The molecule has 144 valence electrons. The van der Waals surface area contributed by atoms with E-state index >= 15 is 0 Å². The van der Waals surface area contributed by atoms with Crippen LogP contribution in [0.1, 0.15) is 48.4 Å². The van der Waals surface area contributed by atoms with E-state index in [1.807, 2.05) is 0 Å². The number of hydrogen-bond acceptors (Lipinski definition) is 1. The Morgan fingerprint density at radius 2 is 1.76 bits per heavy atom. The third-order valence-electron chi connectivity index (χ3n) is 6.93. The van der Waals surface area contributed by atoms with Crippen LogP contribution in [-0.2, 0) is 7.05 Å². The fourth-order valence-electron chi connectivity index (χ4n) is 5.60. The summed E-state index contributed by atoms with van der Waals surface area (Å²) in [5, 5.41) is 2.51. The van der Waals surface area contributed by atoms with Gasteiger partial charge in [-0.05, 0) is 74.1 Å². The van der Waals surface area contributed by atoms with Crippen molar-refractivity contribution < 1.29 is 4.57 Å². The fraction of sp³-hybridized carbons (Fsp3) is 0.308. The molecule has 0 spiro atoms. The highest BCUT2D eigenvalue weighted by Crippen LogP contribution is 2.38. The number of aromatic nitrogens is 3. The van der Waals surface area contributed by atoms with Gasteiger partial charge in [-0.1, -0.05) is 31.0 Å². The summed E-state index contributed by atoms with van der Waals surface area (Å²) < 4.78 is 4.80. The third kappa shape index (κ3) is 2.30. The van der Waals surface area contributed by atoms with Crippen LogP contribution in [0.5, 0.6) is 0 Å². The molecule has 0 saturated heterocycles. The molecule has 1 fully saturated rings. The molecular weight excluding hydrogens is 354 g/mol. The van der Waals surface area contributed by atoms with Crippen LogP contribution in [0.4, 0.5) is 0 Å². The number of hydrogen-bond donors (Lipinski definition) is 0. The highest BCUT2D eigenvalue weighted by molar-refractivity contribution is 6.12. The number of para-hydroxylation sites is 2. The lowest BCUT2D eigenvalue weighted by atomic mass is 9.95. The van der Waals surface area contributed by atoms with Gasteiger partial charge in [0.15, 0.2) is 11.0 Å². The van der Waals surface area contributed by atoms with Crippen molar-refractivity contribution in [2.45, 2.75) is 45.4 Å². The lowest BCUT2D eigenvalue weighted by Crippen LogP contribution is -2.27. The summed E-state index contributed by atoms with van der Waals surface area (Å²) in [6.45, 7) is 4.32. The molecule has 0 atom stereocenters. The molecular formula is C26H26N3+. The quantitative estimate of drug-likeness (QED) is 0.262. The Balaban J connectivity index is 1.89. The number of aryl methyl sites for hydroxylation is 3. The second kappa shape index (κ2) is 6.03. The third-order valence-corrected chi connectivity index (χ3v) is 6.93. The van der Waals surface area contributed by atoms with Gasteiger partial charge in [0.05, 0.1) is 18.0 Å². The number of imidazole rings is 1. The minimum Gasteiger partial charge on any atom is -0.252 e. The van der Waals surface area contributed by atoms with Crippen LogP contribution in [0.15, 0.2) is 48.5 Å². The van der Waals surface area contributed by atoms with Crippen LogP contribution in [0, 0.1) is 13.8 Å². The van der Waals surface area contributed by atoms with Crippen molar-refractivity contribution in [2.75, 3.05) is 0 Å². The van der Waals surface area contributed by atoms with Crippen molar-refractivity contribution in [3.63, 3.8) is 0 Å². The molecule has 6 rings (SSSR count). The molecule has 3 aromatic heterocycles. The Kier molecular flexibility index (Phi) is 3.53. The van der Waals surface area contributed by atoms with Gasteiger partial charge in [-0.15, -0.1) is 0 Å². The first-order valence-corrected chi connectivity index (χ1v) is 10.8. The molecule has 0 bridgehead atoms. The molecule has 3 heteroatoms. The van der Waals surface area contributed by atoms with Crippen LogP contribution >= 0.6 is 0 Å². The Morgan fingerprint density at radius 3 is 2.59 bits per heavy atom. The zero-order chi connectivity index (χ0) is 19.7. The van der Waals surface area contributed by atoms with Crippen molar-refractivity contribution >= 4 is 38.5 Å². The molecule has 0 N–H and O–H groups in total. The Labute approximate surface area is 170 Å². The molecule has 2 aromatic carbocycles. The summed E-state index contributed by atoms with van der Waals surface area (Å²) in [6.07, 6.45) is 5.35. The summed E-state index contributed by atoms with van der Waals surface area (Å²) in [4.78, 5) is 5.03. The smallest absolute Gasteiger partial charge is 0.252 e. The van der Waals surface area contributed by atoms with E-state index in [1.54, 1.807) is 0 Å². The lowest BCUT2D eigenvalue weighted by Gasteiger charge is -2.12. The normalized spacial score (nSPS) is 15.4. The first-order chi connectivity index (χ1) is 14.1. The zero-order valence-corrected chi connectivity index (χ0v) is 17.4. The average molecular weight is 381 g/mol. The van der Waals surface area contributed by atoms with E-state index in [-0.39, 0.29) is 0 Å². The molecule has 1 aliphatic rings. The molecule has 1 saturated carbocycles. The van der Waals surface area contributed by atoms with E-state index in [4.69, 9.17) is 4.98 Å². The van der Waals surface area contributed by atoms with Crippen LogP contribution in [0.2, 0.25) is 0 Å².